The molecule has 4 rings (SSSR count). The molecule has 1 aliphatic carbocycles. The summed E-state index contributed by atoms with van der Waals surface area (Å²) in [4.78, 5) is 53.7. The van der Waals surface area contributed by atoms with E-state index in [-0.39, 0.29) is 30.2 Å². The maximum absolute atomic E-state index is 13.6. The molecular weight excluding hydrogens is 450 g/mol. The molecule has 1 saturated carbocycles. The zero-order chi connectivity index (χ0) is 25.3. The van der Waals surface area contributed by atoms with Crippen LogP contribution in [0.1, 0.15) is 62.4 Å². The SMILES string of the molecule is CCOC(=O)C=C1C(=O)Nc2ccc(C(=O)N(C[C@@H]3CCCN3CC(C)(C)C(=O)O)C3CC3)cc21. The molecule has 35 heavy (non-hydrogen) atoms. The second kappa shape index (κ2) is 9.81. The number of carboxylic acid groups (broad SMARTS) is 1. The van der Waals surface area contributed by atoms with E-state index in [4.69, 9.17) is 4.74 Å². The van der Waals surface area contributed by atoms with Gasteiger partial charge in [0.2, 0.25) is 0 Å². The van der Waals surface area contributed by atoms with E-state index < -0.39 is 23.3 Å². The third-order valence-corrected chi connectivity index (χ3v) is 6.93. The Kier molecular flexibility index (Phi) is 6.98. The molecule has 2 heterocycles. The number of ether oxygens (including phenoxy) is 1. The molecule has 0 aromatic heterocycles. The smallest absolute Gasteiger partial charge is 0.331 e. The Hall–Kier alpha value is -3.20. The highest BCUT2D eigenvalue weighted by molar-refractivity contribution is 6.33. The largest absolute Gasteiger partial charge is 0.481 e. The zero-order valence-electron chi connectivity index (χ0n) is 20.5. The molecule has 1 saturated heterocycles. The van der Waals surface area contributed by atoms with Gasteiger partial charge in [-0.2, -0.15) is 0 Å². The predicted molar refractivity (Wildman–Crippen MR) is 130 cm³/mol. The molecule has 0 unspecified atom stereocenters. The lowest BCUT2D eigenvalue weighted by molar-refractivity contribution is -0.148. The van der Waals surface area contributed by atoms with Crippen molar-refractivity contribution in [1.29, 1.82) is 0 Å². The van der Waals surface area contributed by atoms with Gasteiger partial charge < -0.3 is 20.1 Å². The molecule has 0 radical (unpaired) electrons. The Morgan fingerprint density at radius 3 is 2.66 bits per heavy atom. The zero-order valence-corrected chi connectivity index (χ0v) is 20.5. The third-order valence-electron chi connectivity index (χ3n) is 6.93. The van der Waals surface area contributed by atoms with Crippen molar-refractivity contribution < 1.29 is 29.0 Å². The Morgan fingerprint density at radius 2 is 2.00 bits per heavy atom. The Bertz CT molecular complexity index is 1070. The van der Waals surface area contributed by atoms with Gasteiger partial charge in [0.25, 0.3) is 11.8 Å². The van der Waals surface area contributed by atoms with Crippen LogP contribution in [0.4, 0.5) is 5.69 Å². The number of hydrogen-bond donors (Lipinski definition) is 2. The van der Waals surface area contributed by atoms with Crippen molar-refractivity contribution in [3.63, 3.8) is 0 Å². The second-order valence-corrected chi connectivity index (χ2v) is 10.2. The number of nitrogens with one attached hydrogen (secondary N) is 1. The molecule has 188 valence electrons. The molecule has 2 aliphatic heterocycles. The molecule has 1 aromatic rings. The number of rotatable bonds is 9. The Labute approximate surface area is 205 Å². The van der Waals surface area contributed by atoms with Crippen molar-refractivity contribution in [2.45, 2.75) is 58.5 Å². The van der Waals surface area contributed by atoms with E-state index in [9.17, 15) is 24.3 Å². The topological polar surface area (TPSA) is 116 Å². The van der Waals surface area contributed by atoms with Crippen LogP contribution >= 0.6 is 0 Å². The maximum Gasteiger partial charge on any atom is 0.331 e. The highest BCUT2D eigenvalue weighted by Gasteiger charge is 2.40. The minimum absolute atomic E-state index is 0.107. The van der Waals surface area contributed by atoms with Gasteiger partial charge in [0.05, 0.1) is 17.6 Å². The number of esters is 1. The van der Waals surface area contributed by atoms with Crippen LogP contribution in [-0.2, 0) is 19.1 Å². The summed E-state index contributed by atoms with van der Waals surface area (Å²) < 4.78 is 4.94. The summed E-state index contributed by atoms with van der Waals surface area (Å²) in [6.07, 6.45) is 4.94. The van der Waals surface area contributed by atoms with Crippen LogP contribution in [0.5, 0.6) is 0 Å². The number of carbonyl (C=O) groups is 4. The molecule has 0 bridgehead atoms. The fourth-order valence-corrected chi connectivity index (χ4v) is 4.83. The molecule has 3 aliphatic rings. The first-order valence-electron chi connectivity index (χ1n) is 12.2. The number of nitrogens with zero attached hydrogens (tertiary/aromatic N) is 2. The predicted octanol–water partition coefficient (Wildman–Crippen LogP) is 2.77. The molecule has 0 spiro atoms. The molecule has 2 fully saturated rings. The highest BCUT2D eigenvalue weighted by atomic mass is 16.5. The first-order chi connectivity index (χ1) is 16.6. The molecule has 9 nitrogen and oxygen atoms in total. The van der Waals surface area contributed by atoms with Crippen molar-refractivity contribution in [3.05, 3.63) is 35.4 Å². The number of aliphatic carboxylic acids is 1. The summed E-state index contributed by atoms with van der Waals surface area (Å²) >= 11 is 0. The summed E-state index contributed by atoms with van der Waals surface area (Å²) in [7, 11) is 0. The highest BCUT2D eigenvalue weighted by Crippen LogP contribution is 2.35. The minimum Gasteiger partial charge on any atom is -0.481 e. The van der Waals surface area contributed by atoms with Gasteiger partial charge in [0.15, 0.2) is 0 Å². The molecular formula is C26H33N3O6. The number of amides is 2. The molecule has 9 heteroatoms. The Balaban J connectivity index is 1.54. The lowest BCUT2D eigenvalue weighted by Gasteiger charge is -2.34. The van der Waals surface area contributed by atoms with Gasteiger partial charge in [-0.15, -0.1) is 0 Å². The number of carboxylic acids is 1. The summed E-state index contributed by atoms with van der Waals surface area (Å²) in [5.74, 6) is -1.95. The van der Waals surface area contributed by atoms with Crippen LogP contribution in [0.3, 0.4) is 0 Å². The van der Waals surface area contributed by atoms with Crippen LogP contribution in [-0.4, -0.2) is 77.0 Å². The van der Waals surface area contributed by atoms with Crippen LogP contribution in [0, 0.1) is 5.41 Å². The summed E-state index contributed by atoms with van der Waals surface area (Å²) in [5, 5.41) is 12.3. The summed E-state index contributed by atoms with van der Waals surface area (Å²) in [6, 6.07) is 5.32. The van der Waals surface area contributed by atoms with Gasteiger partial charge in [-0.3, -0.25) is 19.3 Å². The normalized spacial score (nSPS) is 21.1. The van der Waals surface area contributed by atoms with E-state index in [0.29, 0.717) is 29.9 Å². The number of carbonyl (C=O) groups excluding carboxylic acids is 3. The van der Waals surface area contributed by atoms with Gasteiger partial charge in [-0.05, 0) is 71.2 Å². The number of benzene rings is 1. The standard InChI is InChI=1S/C26H33N3O6/c1-4-35-22(30)13-20-19-12-16(7-10-21(19)27-23(20)31)24(32)29(17-8-9-17)14-18-6-5-11-28(18)15-26(2,3)25(33)34/h7,10,12-13,17-18H,4-6,8-9,11,14-15H2,1-3H3,(H,27,31)(H,33,34)/t18-/m0/s1. The van der Waals surface area contributed by atoms with Crippen LogP contribution in [0.2, 0.25) is 0 Å². The number of hydrogen-bond acceptors (Lipinski definition) is 6. The van der Waals surface area contributed by atoms with Gasteiger partial charge >= 0.3 is 11.9 Å². The first kappa shape index (κ1) is 24.9. The molecule has 1 aromatic carbocycles. The fourth-order valence-electron chi connectivity index (χ4n) is 4.83. The molecule has 2 N–H and O–H groups in total. The average molecular weight is 484 g/mol. The van der Waals surface area contributed by atoms with Crippen LogP contribution < -0.4 is 5.32 Å². The monoisotopic (exact) mass is 483 g/mol. The van der Waals surface area contributed by atoms with Crippen molar-refractivity contribution >= 4 is 35.0 Å². The van der Waals surface area contributed by atoms with Gasteiger partial charge in [0, 0.05) is 48.1 Å². The van der Waals surface area contributed by atoms with E-state index in [1.165, 1.54) is 0 Å². The van der Waals surface area contributed by atoms with Crippen molar-refractivity contribution in [2.75, 3.05) is 31.6 Å². The van der Waals surface area contributed by atoms with Gasteiger partial charge in [-0.1, -0.05) is 0 Å². The van der Waals surface area contributed by atoms with Crippen LogP contribution in [0.25, 0.3) is 5.57 Å². The van der Waals surface area contributed by atoms with E-state index in [1.54, 1.807) is 39.0 Å². The van der Waals surface area contributed by atoms with Crippen molar-refractivity contribution in [1.82, 2.24) is 9.80 Å². The first-order valence-corrected chi connectivity index (χ1v) is 12.2. The lowest BCUT2D eigenvalue weighted by atomic mass is 9.92. The number of likely N-dealkylation sites (tertiary alicyclic amines) is 1. The van der Waals surface area contributed by atoms with Crippen molar-refractivity contribution in [3.8, 4) is 0 Å². The number of fused-ring (bicyclic) bond motifs is 1. The number of anilines is 1. The second-order valence-electron chi connectivity index (χ2n) is 10.2. The summed E-state index contributed by atoms with van der Waals surface area (Å²) in [5.41, 5.74) is 0.840. The van der Waals surface area contributed by atoms with E-state index >= 15 is 0 Å². The summed E-state index contributed by atoms with van der Waals surface area (Å²) in [6.45, 7) is 7.16. The third kappa shape index (κ3) is 5.40. The average Bonchev–Trinajstić information content (AvgIpc) is 3.48. The minimum atomic E-state index is -0.863. The van der Waals surface area contributed by atoms with Gasteiger partial charge in [-0.25, -0.2) is 4.79 Å². The fraction of sp³-hybridized carbons (Fsp3) is 0.538. The quantitative estimate of drug-likeness (QED) is 0.410. The maximum atomic E-state index is 13.6. The van der Waals surface area contributed by atoms with Crippen molar-refractivity contribution in [2.24, 2.45) is 5.41 Å². The van der Waals surface area contributed by atoms with Crippen LogP contribution in [0.15, 0.2) is 24.3 Å². The lowest BCUT2D eigenvalue weighted by Crippen LogP contribution is -2.47. The van der Waals surface area contributed by atoms with Gasteiger partial charge in [0.1, 0.15) is 0 Å². The van der Waals surface area contributed by atoms with E-state index in [0.717, 1.165) is 38.3 Å². The van der Waals surface area contributed by atoms with E-state index in [2.05, 4.69) is 10.2 Å². The van der Waals surface area contributed by atoms with E-state index in [1.807, 2.05) is 4.90 Å². The molecule has 2 amide bonds. The Morgan fingerprint density at radius 1 is 1.26 bits per heavy atom. The molecule has 1 atom stereocenters.